The summed E-state index contributed by atoms with van der Waals surface area (Å²) >= 11 is 0. The summed E-state index contributed by atoms with van der Waals surface area (Å²) in [5.74, 6) is 0.935. The lowest BCUT2D eigenvalue weighted by atomic mass is 9.81. The minimum absolute atomic E-state index is 0.537. The van der Waals surface area contributed by atoms with E-state index in [0.717, 1.165) is 31.8 Å². The molecule has 20 heavy (non-hydrogen) atoms. The Balaban J connectivity index is 1.68. The summed E-state index contributed by atoms with van der Waals surface area (Å²) in [7, 11) is 0. The summed E-state index contributed by atoms with van der Waals surface area (Å²) in [6.07, 6.45) is 7.38. The standard InChI is InChI=1S/C18H29NO/c1-18(2,20)10-5-11-19-14-17-9-4-8-16(13-17)12-15-6-3-7-15/h4,8-9,13,15,19-20H,3,5-7,10-12,14H2,1-2H3. The van der Waals surface area contributed by atoms with Gasteiger partial charge in [0, 0.05) is 6.54 Å². The Morgan fingerprint density at radius 2 is 2.00 bits per heavy atom. The second-order valence-corrected chi connectivity index (χ2v) is 6.91. The highest BCUT2D eigenvalue weighted by molar-refractivity contribution is 5.24. The Kier molecular flexibility index (Phi) is 5.62. The molecule has 0 saturated heterocycles. The molecule has 2 nitrogen and oxygen atoms in total. The molecule has 1 aliphatic carbocycles. The fourth-order valence-electron chi connectivity index (χ4n) is 2.78. The molecule has 0 heterocycles. The zero-order valence-electron chi connectivity index (χ0n) is 13.0. The quantitative estimate of drug-likeness (QED) is 0.710. The van der Waals surface area contributed by atoms with Gasteiger partial charge in [0.15, 0.2) is 0 Å². The van der Waals surface area contributed by atoms with Crippen LogP contribution in [0.2, 0.25) is 0 Å². The summed E-state index contributed by atoms with van der Waals surface area (Å²) in [5.41, 5.74) is 2.33. The minimum Gasteiger partial charge on any atom is -0.390 e. The number of hydrogen-bond donors (Lipinski definition) is 2. The van der Waals surface area contributed by atoms with Crippen molar-refractivity contribution >= 4 is 0 Å². The van der Waals surface area contributed by atoms with Crippen molar-refractivity contribution in [2.45, 2.75) is 64.5 Å². The lowest BCUT2D eigenvalue weighted by Gasteiger charge is -2.25. The topological polar surface area (TPSA) is 32.3 Å². The van der Waals surface area contributed by atoms with Gasteiger partial charge in [0.25, 0.3) is 0 Å². The van der Waals surface area contributed by atoms with Crippen molar-refractivity contribution in [2.75, 3.05) is 6.54 Å². The molecule has 1 aromatic carbocycles. The Hall–Kier alpha value is -0.860. The van der Waals surface area contributed by atoms with Gasteiger partial charge in [0.2, 0.25) is 0 Å². The molecule has 1 aliphatic rings. The third-order valence-corrected chi connectivity index (χ3v) is 4.21. The number of nitrogens with one attached hydrogen (secondary N) is 1. The molecule has 0 atom stereocenters. The second-order valence-electron chi connectivity index (χ2n) is 6.91. The Morgan fingerprint density at radius 1 is 1.25 bits per heavy atom. The fraction of sp³-hybridized carbons (Fsp3) is 0.667. The Bertz CT molecular complexity index is 404. The average molecular weight is 275 g/mol. The summed E-state index contributed by atoms with van der Waals surface area (Å²) in [4.78, 5) is 0. The van der Waals surface area contributed by atoms with Gasteiger partial charge in [0.1, 0.15) is 0 Å². The van der Waals surface area contributed by atoms with E-state index in [-0.39, 0.29) is 0 Å². The van der Waals surface area contributed by atoms with Crippen LogP contribution in [-0.2, 0) is 13.0 Å². The normalized spacial score (nSPS) is 16.1. The van der Waals surface area contributed by atoms with Gasteiger partial charge in [-0.25, -0.2) is 0 Å². The molecule has 1 fully saturated rings. The molecule has 0 bridgehead atoms. The van der Waals surface area contributed by atoms with Crippen LogP contribution in [0.4, 0.5) is 0 Å². The molecule has 0 unspecified atom stereocenters. The van der Waals surface area contributed by atoms with Gasteiger partial charge in [-0.1, -0.05) is 43.5 Å². The minimum atomic E-state index is -0.537. The van der Waals surface area contributed by atoms with E-state index in [9.17, 15) is 5.11 Å². The van der Waals surface area contributed by atoms with E-state index in [1.807, 2.05) is 13.8 Å². The van der Waals surface area contributed by atoms with Crippen LogP contribution in [0.3, 0.4) is 0 Å². The highest BCUT2D eigenvalue weighted by Crippen LogP contribution is 2.29. The highest BCUT2D eigenvalue weighted by atomic mass is 16.3. The van der Waals surface area contributed by atoms with Crippen LogP contribution >= 0.6 is 0 Å². The van der Waals surface area contributed by atoms with Gasteiger partial charge in [-0.3, -0.25) is 0 Å². The lowest BCUT2D eigenvalue weighted by Crippen LogP contribution is -2.22. The highest BCUT2D eigenvalue weighted by Gasteiger charge is 2.17. The Labute approximate surface area is 123 Å². The Morgan fingerprint density at radius 3 is 2.65 bits per heavy atom. The van der Waals surface area contributed by atoms with Crippen molar-refractivity contribution in [3.63, 3.8) is 0 Å². The fourth-order valence-corrected chi connectivity index (χ4v) is 2.78. The van der Waals surface area contributed by atoms with E-state index in [1.54, 1.807) is 0 Å². The van der Waals surface area contributed by atoms with E-state index in [4.69, 9.17) is 0 Å². The summed E-state index contributed by atoms with van der Waals surface area (Å²) < 4.78 is 0. The van der Waals surface area contributed by atoms with Gasteiger partial charge < -0.3 is 10.4 Å². The molecule has 0 amide bonds. The molecule has 0 aliphatic heterocycles. The first-order chi connectivity index (χ1) is 9.53. The number of hydrogen-bond acceptors (Lipinski definition) is 2. The van der Waals surface area contributed by atoms with Crippen LogP contribution in [0.5, 0.6) is 0 Å². The van der Waals surface area contributed by atoms with E-state index >= 15 is 0 Å². The van der Waals surface area contributed by atoms with Crippen molar-refractivity contribution in [3.05, 3.63) is 35.4 Å². The first-order valence-corrected chi connectivity index (χ1v) is 8.04. The molecule has 112 valence electrons. The third kappa shape index (κ3) is 5.64. The van der Waals surface area contributed by atoms with Gasteiger partial charge in [0.05, 0.1) is 5.60 Å². The predicted molar refractivity (Wildman–Crippen MR) is 84.7 cm³/mol. The molecule has 0 aromatic heterocycles. The molecule has 0 radical (unpaired) electrons. The number of benzene rings is 1. The average Bonchev–Trinajstić information content (AvgIpc) is 2.33. The van der Waals surface area contributed by atoms with Crippen molar-refractivity contribution in [1.29, 1.82) is 0 Å². The zero-order chi connectivity index (χ0) is 14.4. The van der Waals surface area contributed by atoms with Gasteiger partial charge >= 0.3 is 0 Å². The molecule has 1 aromatic rings. The maximum absolute atomic E-state index is 9.66. The van der Waals surface area contributed by atoms with E-state index in [0.29, 0.717) is 0 Å². The van der Waals surface area contributed by atoms with Gasteiger partial charge in [-0.05, 0) is 56.7 Å². The molecule has 0 spiro atoms. The van der Waals surface area contributed by atoms with E-state index in [2.05, 4.69) is 29.6 Å². The van der Waals surface area contributed by atoms with Crippen molar-refractivity contribution < 1.29 is 5.11 Å². The maximum atomic E-state index is 9.66. The summed E-state index contributed by atoms with van der Waals surface area (Å²) in [5, 5.41) is 13.1. The third-order valence-electron chi connectivity index (χ3n) is 4.21. The van der Waals surface area contributed by atoms with Crippen molar-refractivity contribution in [1.82, 2.24) is 5.32 Å². The first kappa shape index (κ1) is 15.5. The molecule has 2 rings (SSSR count). The SMILES string of the molecule is CC(C)(O)CCCNCc1cccc(CC2CCC2)c1. The summed E-state index contributed by atoms with van der Waals surface area (Å²) in [6, 6.07) is 8.99. The lowest BCUT2D eigenvalue weighted by molar-refractivity contribution is 0.0688. The number of aliphatic hydroxyl groups is 1. The van der Waals surface area contributed by atoms with Crippen LogP contribution in [0.15, 0.2) is 24.3 Å². The molecule has 1 saturated carbocycles. The summed E-state index contributed by atoms with van der Waals surface area (Å²) in [6.45, 7) is 5.65. The van der Waals surface area contributed by atoms with E-state index < -0.39 is 5.60 Å². The number of rotatable bonds is 8. The molecule has 2 N–H and O–H groups in total. The first-order valence-electron chi connectivity index (χ1n) is 8.04. The molecular formula is C18H29NO. The zero-order valence-corrected chi connectivity index (χ0v) is 13.0. The molecular weight excluding hydrogens is 246 g/mol. The van der Waals surface area contributed by atoms with Crippen LogP contribution in [-0.4, -0.2) is 17.3 Å². The van der Waals surface area contributed by atoms with Gasteiger partial charge in [-0.2, -0.15) is 0 Å². The van der Waals surface area contributed by atoms with E-state index in [1.165, 1.54) is 36.8 Å². The maximum Gasteiger partial charge on any atom is 0.0592 e. The smallest absolute Gasteiger partial charge is 0.0592 e. The van der Waals surface area contributed by atoms with Crippen molar-refractivity contribution in [2.24, 2.45) is 5.92 Å². The van der Waals surface area contributed by atoms with Crippen LogP contribution in [0, 0.1) is 5.92 Å². The van der Waals surface area contributed by atoms with Crippen LogP contribution in [0.1, 0.15) is 57.1 Å². The second kappa shape index (κ2) is 7.24. The van der Waals surface area contributed by atoms with Crippen LogP contribution in [0.25, 0.3) is 0 Å². The monoisotopic (exact) mass is 275 g/mol. The largest absolute Gasteiger partial charge is 0.390 e. The van der Waals surface area contributed by atoms with Gasteiger partial charge in [-0.15, -0.1) is 0 Å². The van der Waals surface area contributed by atoms with Crippen molar-refractivity contribution in [3.8, 4) is 0 Å². The predicted octanol–water partition coefficient (Wildman–Crippen LogP) is 3.67. The molecule has 2 heteroatoms. The van der Waals surface area contributed by atoms with Crippen LogP contribution < -0.4 is 5.32 Å².